The van der Waals surface area contributed by atoms with Crippen molar-refractivity contribution < 1.29 is 0 Å². The molecule has 2 aliphatic rings. The van der Waals surface area contributed by atoms with Gasteiger partial charge in [-0.2, -0.15) is 0 Å². The lowest BCUT2D eigenvalue weighted by Crippen LogP contribution is -2.44. The van der Waals surface area contributed by atoms with Crippen LogP contribution in [-0.2, 0) is 0 Å². The molecule has 0 saturated carbocycles. The molecule has 2 rings (SSSR count). The molecule has 0 amide bonds. The number of likely N-dealkylation sites (tertiary alicyclic amines) is 1. The lowest BCUT2D eigenvalue weighted by atomic mass is 10.0. The number of hydrogen-bond donors (Lipinski definition) is 0. The highest BCUT2D eigenvalue weighted by molar-refractivity contribution is 4.79. The van der Waals surface area contributed by atoms with Crippen LogP contribution in [0.1, 0.15) is 58.8 Å². The summed E-state index contributed by atoms with van der Waals surface area (Å²) in [5, 5.41) is 0. The van der Waals surface area contributed by atoms with E-state index >= 15 is 0 Å². The van der Waals surface area contributed by atoms with Crippen molar-refractivity contribution in [1.29, 1.82) is 0 Å². The maximum Gasteiger partial charge on any atom is 0.0110 e. The van der Waals surface area contributed by atoms with Gasteiger partial charge in [0.25, 0.3) is 0 Å². The second kappa shape index (κ2) is 9.89. The monoisotopic (exact) mass is 309 g/mol. The van der Waals surface area contributed by atoms with E-state index < -0.39 is 0 Å². The summed E-state index contributed by atoms with van der Waals surface area (Å²) in [5.41, 5.74) is 0. The Bertz CT molecular complexity index is 284. The smallest absolute Gasteiger partial charge is 0.0110 e. The van der Waals surface area contributed by atoms with Crippen LogP contribution in [0.5, 0.6) is 0 Å². The van der Waals surface area contributed by atoms with Crippen molar-refractivity contribution in [3.63, 3.8) is 0 Å². The van der Waals surface area contributed by atoms with Crippen LogP contribution in [0.2, 0.25) is 0 Å². The fourth-order valence-corrected chi connectivity index (χ4v) is 4.08. The first-order chi connectivity index (χ1) is 10.6. The predicted molar refractivity (Wildman–Crippen MR) is 96.5 cm³/mol. The number of piperazine rings is 1. The van der Waals surface area contributed by atoms with Crippen molar-refractivity contribution in [2.45, 2.75) is 64.8 Å². The van der Waals surface area contributed by atoms with Crippen LogP contribution in [0.15, 0.2) is 0 Å². The summed E-state index contributed by atoms with van der Waals surface area (Å²) >= 11 is 0. The normalized spacial score (nSPS) is 25.4. The van der Waals surface area contributed by atoms with Gasteiger partial charge in [0, 0.05) is 32.2 Å². The molecule has 3 nitrogen and oxygen atoms in total. The van der Waals surface area contributed by atoms with Crippen molar-refractivity contribution in [2.24, 2.45) is 5.92 Å². The molecule has 2 aliphatic heterocycles. The van der Waals surface area contributed by atoms with Crippen LogP contribution < -0.4 is 0 Å². The Morgan fingerprint density at radius 2 is 1.55 bits per heavy atom. The van der Waals surface area contributed by atoms with Gasteiger partial charge in [0.15, 0.2) is 0 Å². The predicted octanol–water partition coefficient (Wildman–Crippen LogP) is 3.30. The summed E-state index contributed by atoms with van der Waals surface area (Å²) in [6, 6.07) is 0.894. The van der Waals surface area contributed by atoms with Crippen molar-refractivity contribution in [1.82, 2.24) is 14.7 Å². The van der Waals surface area contributed by atoms with E-state index in [1.807, 2.05) is 0 Å². The van der Waals surface area contributed by atoms with Crippen molar-refractivity contribution in [3.05, 3.63) is 0 Å². The highest BCUT2D eigenvalue weighted by Gasteiger charge is 2.24. The third-order valence-electron chi connectivity index (χ3n) is 5.51. The molecule has 0 aromatic carbocycles. The second-order valence-electron chi connectivity index (χ2n) is 8.02. The topological polar surface area (TPSA) is 9.72 Å². The number of hydrogen-bond acceptors (Lipinski definition) is 3. The Balaban J connectivity index is 1.47. The number of unbranched alkanes of at least 4 members (excludes halogenated alkanes) is 3. The Morgan fingerprint density at radius 1 is 0.864 bits per heavy atom. The van der Waals surface area contributed by atoms with Crippen molar-refractivity contribution >= 4 is 0 Å². The van der Waals surface area contributed by atoms with E-state index in [1.165, 1.54) is 90.8 Å². The molecule has 0 radical (unpaired) electrons. The van der Waals surface area contributed by atoms with E-state index in [2.05, 4.69) is 35.6 Å². The Labute approximate surface area is 139 Å². The molecule has 130 valence electrons. The molecule has 2 heterocycles. The summed E-state index contributed by atoms with van der Waals surface area (Å²) in [6.45, 7) is 13.8. The Hall–Kier alpha value is -0.120. The second-order valence-corrected chi connectivity index (χ2v) is 8.02. The molecule has 2 saturated heterocycles. The minimum Gasteiger partial charge on any atom is -0.304 e. The zero-order chi connectivity index (χ0) is 15.8. The van der Waals surface area contributed by atoms with Gasteiger partial charge in [0.1, 0.15) is 0 Å². The minimum atomic E-state index is 0.856. The van der Waals surface area contributed by atoms with Crippen molar-refractivity contribution in [3.8, 4) is 0 Å². The average Bonchev–Trinajstić information content (AvgIpc) is 2.91. The van der Waals surface area contributed by atoms with Crippen LogP contribution >= 0.6 is 0 Å². The molecule has 0 aromatic rings. The van der Waals surface area contributed by atoms with Gasteiger partial charge >= 0.3 is 0 Å². The summed E-state index contributed by atoms with van der Waals surface area (Å²) in [4.78, 5) is 7.87. The summed E-state index contributed by atoms with van der Waals surface area (Å²) < 4.78 is 0. The molecular formula is C19H39N3. The maximum atomic E-state index is 2.78. The third kappa shape index (κ3) is 6.55. The Kier molecular flexibility index (Phi) is 8.19. The van der Waals surface area contributed by atoms with Crippen molar-refractivity contribution in [2.75, 3.05) is 52.9 Å². The van der Waals surface area contributed by atoms with E-state index in [-0.39, 0.29) is 0 Å². The lowest BCUT2D eigenvalue weighted by molar-refractivity contribution is 0.151. The van der Waals surface area contributed by atoms with E-state index in [0.717, 1.165) is 12.0 Å². The zero-order valence-corrected chi connectivity index (χ0v) is 15.4. The largest absolute Gasteiger partial charge is 0.304 e. The maximum absolute atomic E-state index is 2.78. The van der Waals surface area contributed by atoms with Gasteiger partial charge in [-0.25, -0.2) is 0 Å². The van der Waals surface area contributed by atoms with Gasteiger partial charge in [-0.05, 0) is 64.7 Å². The van der Waals surface area contributed by atoms with E-state index in [4.69, 9.17) is 0 Å². The van der Waals surface area contributed by atoms with Gasteiger partial charge in [-0.15, -0.1) is 0 Å². The summed E-state index contributed by atoms with van der Waals surface area (Å²) in [5.74, 6) is 0.856. The molecule has 22 heavy (non-hydrogen) atoms. The average molecular weight is 310 g/mol. The van der Waals surface area contributed by atoms with Gasteiger partial charge in [0.05, 0.1) is 0 Å². The quantitative estimate of drug-likeness (QED) is 0.605. The number of likely N-dealkylation sites (N-methyl/N-ethyl adjacent to an activating group) is 1. The van der Waals surface area contributed by atoms with E-state index in [9.17, 15) is 0 Å². The molecule has 3 heteroatoms. The van der Waals surface area contributed by atoms with Gasteiger partial charge in [0.2, 0.25) is 0 Å². The molecule has 0 aromatic heterocycles. The standard InChI is InChI=1S/C19H39N3/c1-18(2)17-19-9-8-12-22(19)11-7-5-4-6-10-21-15-13-20(3)14-16-21/h18-19H,4-17H2,1-3H3/t19-/m0/s1. The van der Waals surface area contributed by atoms with Gasteiger partial charge < -0.3 is 14.7 Å². The first-order valence-electron chi connectivity index (χ1n) is 9.80. The fourth-order valence-electron chi connectivity index (χ4n) is 4.08. The molecule has 0 bridgehead atoms. The van der Waals surface area contributed by atoms with Crippen LogP contribution in [0.25, 0.3) is 0 Å². The molecular weight excluding hydrogens is 270 g/mol. The first kappa shape index (κ1) is 18.2. The molecule has 1 atom stereocenters. The number of rotatable bonds is 9. The highest BCUT2D eigenvalue weighted by Crippen LogP contribution is 2.23. The minimum absolute atomic E-state index is 0.856. The van der Waals surface area contributed by atoms with Crippen LogP contribution in [-0.4, -0.2) is 73.6 Å². The molecule has 0 N–H and O–H groups in total. The number of nitrogens with zero attached hydrogens (tertiary/aromatic N) is 3. The summed E-state index contributed by atoms with van der Waals surface area (Å²) in [6.07, 6.45) is 9.95. The molecule has 2 fully saturated rings. The fraction of sp³-hybridized carbons (Fsp3) is 1.00. The SMILES string of the molecule is CC(C)C[C@@H]1CCCN1CCCCCCN1CCN(C)CC1. The zero-order valence-electron chi connectivity index (χ0n) is 15.4. The van der Waals surface area contributed by atoms with E-state index in [0.29, 0.717) is 0 Å². The van der Waals surface area contributed by atoms with Crippen LogP contribution in [0.4, 0.5) is 0 Å². The van der Waals surface area contributed by atoms with Gasteiger partial charge in [-0.1, -0.05) is 26.7 Å². The molecule has 0 spiro atoms. The lowest BCUT2D eigenvalue weighted by Gasteiger charge is -2.32. The molecule has 0 aliphatic carbocycles. The molecule has 0 unspecified atom stereocenters. The summed E-state index contributed by atoms with van der Waals surface area (Å²) in [7, 11) is 2.24. The first-order valence-corrected chi connectivity index (χ1v) is 9.80. The van der Waals surface area contributed by atoms with Crippen LogP contribution in [0.3, 0.4) is 0 Å². The van der Waals surface area contributed by atoms with Gasteiger partial charge in [-0.3, -0.25) is 0 Å². The third-order valence-corrected chi connectivity index (χ3v) is 5.51. The van der Waals surface area contributed by atoms with E-state index in [1.54, 1.807) is 0 Å². The highest BCUT2D eigenvalue weighted by atomic mass is 15.2. The Morgan fingerprint density at radius 3 is 2.23 bits per heavy atom. The van der Waals surface area contributed by atoms with Crippen LogP contribution in [0, 0.1) is 5.92 Å².